The van der Waals surface area contributed by atoms with Crippen LogP contribution in [0.4, 0.5) is 5.82 Å². The molecule has 152 valence electrons. The van der Waals surface area contributed by atoms with Gasteiger partial charge in [-0.2, -0.15) is 9.61 Å². The molecule has 4 rings (SSSR count). The van der Waals surface area contributed by atoms with Crippen LogP contribution in [0, 0.1) is 0 Å². The van der Waals surface area contributed by atoms with E-state index in [1.165, 1.54) is 32.1 Å². The van der Waals surface area contributed by atoms with Crippen molar-refractivity contribution in [2.75, 3.05) is 5.32 Å². The molecule has 0 bridgehead atoms. The molecule has 3 aromatic rings. The SMILES string of the molecule is NS/C=C(\N)c1ccc(CNc2cc(C3CCCCC3)nc3c(Br)cnn23)cc1. The van der Waals surface area contributed by atoms with Crippen molar-refractivity contribution >= 4 is 45.0 Å². The zero-order valence-electron chi connectivity index (χ0n) is 16.1. The molecule has 6 nitrogen and oxygen atoms in total. The Morgan fingerprint density at radius 1 is 1.24 bits per heavy atom. The van der Waals surface area contributed by atoms with Gasteiger partial charge in [-0.15, -0.1) is 0 Å². The largest absolute Gasteiger partial charge is 0.398 e. The van der Waals surface area contributed by atoms with Crippen LogP contribution in [0.15, 0.2) is 46.4 Å². The van der Waals surface area contributed by atoms with E-state index in [0.29, 0.717) is 18.2 Å². The first-order valence-corrected chi connectivity index (χ1v) is 11.6. The van der Waals surface area contributed by atoms with Gasteiger partial charge in [-0.05, 0) is 39.9 Å². The molecule has 0 unspecified atom stereocenters. The van der Waals surface area contributed by atoms with Crippen LogP contribution < -0.4 is 16.2 Å². The second kappa shape index (κ2) is 9.19. The summed E-state index contributed by atoms with van der Waals surface area (Å²) in [5, 5.41) is 15.2. The van der Waals surface area contributed by atoms with Crippen molar-refractivity contribution in [2.24, 2.45) is 10.9 Å². The summed E-state index contributed by atoms with van der Waals surface area (Å²) in [6, 6.07) is 10.3. The van der Waals surface area contributed by atoms with E-state index in [1.807, 2.05) is 16.6 Å². The van der Waals surface area contributed by atoms with Crippen molar-refractivity contribution < 1.29 is 0 Å². The Hall–Kier alpha value is -2.03. The first-order chi connectivity index (χ1) is 14.2. The van der Waals surface area contributed by atoms with Crippen molar-refractivity contribution in [3.05, 3.63) is 63.2 Å². The molecule has 1 aromatic carbocycles. The molecule has 1 aliphatic rings. The summed E-state index contributed by atoms with van der Waals surface area (Å²) >= 11 is 4.70. The van der Waals surface area contributed by atoms with Crippen molar-refractivity contribution in [3.63, 3.8) is 0 Å². The maximum absolute atomic E-state index is 5.99. The molecule has 2 heterocycles. The highest BCUT2D eigenvalue weighted by Gasteiger charge is 2.20. The Bertz CT molecular complexity index is 1010. The molecule has 0 atom stereocenters. The summed E-state index contributed by atoms with van der Waals surface area (Å²) in [4.78, 5) is 4.90. The molecular weight excluding hydrogens is 448 g/mol. The van der Waals surface area contributed by atoms with Gasteiger partial charge in [0.25, 0.3) is 0 Å². The monoisotopic (exact) mass is 472 g/mol. The molecule has 5 N–H and O–H groups in total. The minimum atomic E-state index is 0.533. The highest BCUT2D eigenvalue weighted by molar-refractivity contribution is 9.10. The first kappa shape index (κ1) is 20.3. The van der Waals surface area contributed by atoms with Gasteiger partial charge in [0.2, 0.25) is 0 Å². The number of anilines is 1. The number of benzene rings is 1. The van der Waals surface area contributed by atoms with Gasteiger partial charge in [0.1, 0.15) is 5.82 Å². The highest BCUT2D eigenvalue weighted by Crippen LogP contribution is 2.33. The molecule has 29 heavy (non-hydrogen) atoms. The molecule has 1 aliphatic carbocycles. The number of hydrogen-bond acceptors (Lipinski definition) is 6. The third kappa shape index (κ3) is 4.60. The van der Waals surface area contributed by atoms with Gasteiger partial charge in [0, 0.05) is 35.3 Å². The minimum Gasteiger partial charge on any atom is -0.398 e. The summed E-state index contributed by atoms with van der Waals surface area (Å²) in [7, 11) is 0. The van der Waals surface area contributed by atoms with Gasteiger partial charge in [0.05, 0.1) is 10.7 Å². The molecule has 1 saturated carbocycles. The highest BCUT2D eigenvalue weighted by atomic mass is 79.9. The van der Waals surface area contributed by atoms with Crippen LogP contribution in [0.3, 0.4) is 0 Å². The number of nitrogens with zero attached hydrogens (tertiary/aromatic N) is 3. The van der Waals surface area contributed by atoms with E-state index < -0.39 is 0 Å². The fourth-order valence-corrected chi connectivity index (χ4v) is 4.47. The maximum atomic E-state index is 5.99. The number of hydrogen-bond donors (Lipinski definition) is 3. The second-order valence-corrected chi connectivity index (χ2v) is 8.75. The van der Waals surface area contributed by atoms with Crippen molar-refractivity contribution in [2.45, 2.75) is 44.6 Å². The Kier molecular flexibility index (Phi) is 6.42. The first-order valence-electron chi connectivity index (χ1n) is 9.84. The van der Waals surface area contributed by atoms with E-state index in [9.17, 15) is 0 Å². The molecule has 0 aliphatic heterocycles. The number of nitrogens with two attached hydrogens (primary N) is 2. The van der Waals surface area contributed by atoms with E-state index in [1.54, 1.807) is 11.6 Å². The van der Waals surface area contributed by atoms with E-state index in [4.69, 9.17) is 15.9 Å². The third-order valence-corrected chi connectivity index (χ3v) is 6.38. The molecule has 1 fully saturated rings. The summed E-state index contributed by atoms with van der Waals surface area (Å²) in [6.45, 7) is 0.691. The normalized spacial score (nSPS) is 15.7. The Morgan fingerprint density at radius 3 is 2.72 bits per heavy atom. The molecule has 8 heteroatoms. The smallest absolute Gasteiger partial charge is 0.171 e. The number of fused-ring (bicyclic) bond motifs is 1. The molecule has 0 saturated heterocycles. The topological polar surface area (TPSA) is 94.3 Å². The van der Waals surface area contributed by atoms with Crippen LogP contribution >= 0.6 is 27.9 Å². The number of halogens is 1. The van der Waals surface area contributed by atoms with E-state index in [-0.39, 0.29) is 0 Å². The van der Waals surface area contributed by atoms with Gasteiger partial charge in [-0.1, -0.05) is 55.5 Å². The Labute approximate surface area is 183 Å². The summed E-state index contributed by atoms with van der Waals surface area (Å²) in [5.41, 5.74) is 10.8. The number of rotatable bonds is 6. The Balaban J connectivity index is 1.56. The summed E-state index contributed by atoms with van der Waals surface area (Å²) in [6.07, 6.45) is 8.13. The Morgan fingerprint density at radius 2 is 2.00 bits per heavy atom. The predicted octanol–water partition coefficient (Wildman–Crippen LogP) is 5.02. The van der Waals surface area contributed by atoms with E-state index >= 15 is 0 Å². The maximum Gasteiger partial charge on any atom is 0.171 e. The quantitative estimate of drug-likeness (QED) is 0.436. The zero-order chi connectivity index (χ0) is 20.2. The minimum absolute atomic E-state index is 0.533. The zero-order valence-corrected chi connectivity index (χ0v) is 18.5. The van der Waals surface area contributed by atoms with Crippen molar-refractivity contribution in [3.8, 4) is 0 Å². The lowest BCUT2D eigenvalue weighted by Gasteiger charge is -2.22. The predicted molar refractivity (Wildman–Crippen MR) is 124 cm³/mol. The number of nitrogens with one attached hydrogen (secondary N) is 1. The van der Waals surface area contributed by atoms with Gasteiger partial charge >= 0.3 is 0 Å². The van der Waals surface area contributed by atoms with E-state index in [0.717, 1.165) is 44.7 Å². The number of aromatic nitrogens is 3. The summed E-state index contributed by atoms with van der Waals surface area (Å²) in [5.74, 6) is 1.50. The van der Waals surface area contributed by atoms with Gasteiger partial charge in [0.15, 0.2) is 5.65 Å². The average molecular weight is 473 g/mol. The lowest BCUT2D eigenvalue weighted by molar-refractivity contribution is 0.437. The molecular formula is C21H25BrN6S. The van der Waals surface area contributed by atoms with Crippen LogP contribution in [0.25, 0.3) is 11.3 Å². The lowest BCUT2D eigenvalue weighted by atomic mass is 9.87. The fourth-order valence-electron chi connectivity index (χ4n) is 3.84. The van der Waals surface area contributed by atoms with E-state index in [2.05, 4.69) is 44.5 Å². The van der Waals surface area contributed by atoms with Crippen LogP contribution in [0.2, 0.25) is 0 Å². The fraction of sp³-hybridized carbons (Fsp3) is 0.333. The van der Waals surface area contributed by atoms with Crippen molar-refractivity contribution in [1.82, 2.24) is 14.6 Å². The van der Waals surface area contributed by atoms with Crippen LogP contribution in [-0.4, -0.2) is 14.6 Å². The standard InChI is InChI=1S/C21H25BrN6S/c22-17-12-26-28-20(10-19(27-21(17)28)16-4-2-1-3-5-16)25-11-14-6-8-15(9-7-14)18(23)13-29-24/h6-10,12-13,16,25H,1-5,11,23-24H2/b18-13-. The van der Waals surface area contributed by atoms with Gasteiger partial charge < -0.3 is 11.1 Å². The third-order valence-electron chi connectivity index (χ3n) is 5.43. The lowest BCUT2D eigenvalue weighted by Crippen LogP contribution is -2.11. The van der Waals surface area contributed by atoms with Crippen LogP contribution in [-0.2, 0) is 6.54 Å². The van der Waals surface area contributed by atoms with Crippen LogP contribution in [0.5, 0.6) is 0 Å². The van der Waals surface area contributed by atoms with Crippen molar-refractivity contribution in [1.29, 1.82) is 0 Å². The van der Waals surface area contributed by atoms with Gasteiger partial charge in [-0.25, -0.2) is 4.98 Å². The second-order valence-electron chi connectivity index (χ2n) is 7.39. The molecule has 0 amide bonds. The molecule has 2 aromatic heterocycles. The molecule has 0 radical (unpaired) electrons. The van der Waals surface area contributed by atoms with Gasteiger partial charge in [-0.3, -0.25) is 5.14 Å². The van der Waals surface area contributed by atoms with Crippen LogP contribution in [0.1, 0.15) is 54.8 Å². The summed E-state index contributed by atoms with van der Waals surface area (Å²) < 4.78 is 2.78. The average Bonchev–Trinajstić information content (AvgIpc) is 3.14. The molecule has 0 spiro atoms.